The van der Waals surface area contributed by atoms with Crippen LogP contribution in [0.1, 0.15) is 36.1 Å². The standard InChI is InChI=1S/C25H27N3O3/c29-21-15-24(30)28(16-21)23-7-6-19(22(26-23)14-18-4-2-1-3-5-18)8-11-25(31)17-27-12-9-20(25)10-13-27/h1-7,20-21,29,31H,9-10,12-17H2/t21-,25-/m1/s1. The summed E-state index contributed by atoms with van der Waals surface area (Å²) >= 11 is 0. The molecule has 0 aliphatic carbocycles. The molecule has 1 aromatic heterocycles. The number of aliphatic hydroxyl groups is 2. The fraction of sp³-hybridized carbons (Fsp3) is 0.440. The van der Waals surface area contributed by atoms with Gasteiger partial charge in [-0.1, -0.05) is 42.2 Å². The molecule has 2 N–H and O–H groups in total. The molecule has 2 bridgehead atoms. The van der Waals surface area contributed by atoms with Gasteiger partial charge in [-0.05, 0) is 43.6 Å². The zero-order valence-corrected chi connectivity index (χ0v) is 17.5. The Morgan fingerprint density at radius 2 is 1.90 bits per heavy atom. The number of carbonyl (C=O) groups excluding carboxylic acids is 1. The molecule has 6 rings (SSSR count). The number of benzene rings is 1. The van der Waals surface area contributed by atoms with E-state index in [1.54, 1.807) is 6.07 Å². The molecule has 31 heavy (non-hydrogen) atoms. The first-order valence-electron chi connectivity index (χ1n) is 11.0. The molecule has 0 radical (unpaired) electrons. The number of fused-ring (bicyclic) bond motifs is 3. The van der Waals surface area contributed by atoms with Crippen molar-refractivity contribution in [1.82, 2.24) is 9.88 Å². The molecule has 1 aromatic carbocycles. The third-order valence-electron chi connectivity index (χ3n) is 6.70. The Balaban J connectivity index is 1.49. The van der Waals surface area contributed by atoms with Gasteiger partial charge in [0.2, 0.25) is 5.91 Å². The van der Waals surface area contributed by atoms with E-state index in [0.717, 1.165) is 42.8 Å². The first-order valence-corrected chi connectivity index (χ1v) is 11.0. The van der Waals surface area contributed by atoms with Gasteiger partial charge < -0.3 is 10.2 Å². The van der Waals surface area contributed by atoms with Crippen LogP contribution in [0.25, 0.3) is 0 Å². The van der Waals surface area contributed by atoms with Crippen molar-refractivity contribution in [1.29, 1.82) is 0 Å². The predicted molar refractivity (Wildman–Crippen MR) is 117 cm³/mol. The van der Waals surface area contributed by atoms with E-state index in [4.69, 9.17) is 4.98 Å². The van der Waals surface area contributed by atoms with Crippen LogP contribution in [0.4, 0.5) is 5.82 Å². The summed E-state index contributed by atoms with van der Waals surface area (Å²) in [5.41, 5.74) is 1.67. The van der Waals surface area contributed by atoms with Crippen LogP contribution in [0, 0.1) is 17.8 Å². The molecule has 1 amide bonds. The molecular weight excluding hydrogens is 390 g/mol. The molecule has 6 nitrogen and oxygen atoms in total. The van der Waals surface area contributed by atoms with E-state index in [-0.39, 0.29) is 24.8 Å². The molecule has 0 saturated carbocycles. The Hall–Kier alpha value is -2.72. The van der Waals surface area contributed by atoms with Gasteiger partial charge in [0.25, 0.3) is 0 Å². The van der Waals surface area contributed by atoms with Crippen LogP contribution >= 0.6 is 0 Å². The first kappa shape index (κ1) is 20.2. The SMILES string of the molecule is O=C1C[C@@H](O)CN1c1ccc(C#C[C@@]2(O)CN3CCC2CC3)c(Cc2ccccc2)n1. The molecule has 5 heterocycles. The van der Waals surface area contributed by atoms with Crippen LogP contribution in [0.3, 0.4) is 0 Å². The zero-order valence-electron chi connectivity index (χ0n) is 17.5. The maximum Gasteiger partial charge on any atom is 0.230 e. The fourth-order valence-electron chi connectivity index (χ4n) is 4.94. The topological polar surface area (TPSA) is 76.9 Å². The van der Waals surface area contributed by atoms with E-state index in [9.17, 15) is 15.0 Å². The van der Waals surface area contributed by atoms with Crippen molar-refractivity contribution >= 4 is 11.7 Å². The Kier molecular flexibility index (Phi) is 5.27. The molecule has 4 aliphatic heterocycles. The van der Waals surface area contributed by atoms with Gasteiger partial charge in [0.1, 0.15) is 11.4 Å². The smallest absolute Gasteiger partial charge is 0.230 e. The lowest BCUT2D eigenvalue weighted by molar-refractivity contribution is -0.117. The van der Waals surface area contributed by atoms with Crippen LogP contribution in [-0.2, 0) is 11.2 Å². The second-order valence-corrected chi connectivity index (χ2v) is 8.91. The molecule has 6 heteroatoms. The van der Waals surface area contributed by atoms with Gasteiger partial charge in [-0.3, -0.25) is 14.6 Å². The highest BCUT2D eigenvalue weighted by Crippen LogP contribution is 2.35. The molecule has 4 saturated heterocycles. The van der Waals surface area contributed by atoms with Crippen LogP contribution in [0.2, 0.25) is 0 Å². The predicted octanol–water partition coefficient (Wildman–Crippen LogP) is 1.58. The van der Waals surface area contributed by atoms with Crippen LogP contribution in [0.5, 0.6) is 0 Å². The van der Waals surface area contributed by atoms with Gasteiger partial charge in [0, 0.05) is 24.4 Å². The van der Waals surface area contributed by atoms with E-state index < -0.39 is 11.7 Å². The summed E-state index contributed by atoms with van der Waals surface area (Å²) in [5.74, 6) is 7.05. The minimum absolute atomic E-state index is 0.119. The lowest BCUT2D eigenvalue weighted by Crippen LogP contribution is -2.58. The molecule has 0 unspecified atom stereocenters. The highest BCUT2D eigenvalue weighted by Gasteiger charge is 2.44. The summed E-state index contributed by atoms with van der Waals surface area (Å²) in [6.07, 6.45) is 2.02. The van der Waals surface area contributed by atoms with Gasteiger partial charge in [0.15, 0.2) is 0 Å². The van der Waals surface area contributed by atoms with Crippen molar-refractivity contribution in [2.45, 2.75) is 37.4 Å². The normalized spacial score (nSPS) is 29.7. The molecular formula is C25H27N3O3. The summed E-state index contributed by atoms with van der Waals surface area (Å²) in [4.78, 5) is 20.8. The van der Waals surface area contributed by atoms with Crippen LogP contribution < -0.4 is 4.90 Å². The van der Waals surface area contributed by atoms with E-state index in [0.29, 0.717) is 18.8 Å². The minimum Gasteiger partial charge on any atom is -0.391 e. The zero-order chi connectivity index (χ0) is 21.4. The number of carbonyl (C=O) groups is 1. The monoisotopic (exact) mass is 417 g/mol. The van der Waals surface area contributed by atoms with Crippen molar-refractivity contribution < 1.29 is 15.0 Å². The second-order valence-electron chi connectivity index (χ2n) is 8.91. The summed E-state index contributed by atoms with van der Waals surface area (Å²) < 4.78 is 0. The quantitative estimate of drug-likeness (QED) is 0.742. The maximum atomic E-state index is 12.2. The van der Waals surface area contributed by atoms with Gasteiger partial charge in [-0.2, -0.15) is 0 Å². The number of amides is 1. The molecule has 4 fully saturated rings. The van der Waals surface area contributed by atoms with E-state index in [1.165, 1.54) is 4.90 Å². The van der Waals surface area contributed by atoms with Gasteiger partial charge in [0.05, 0.1) is 24.8 Å². The maximum absolute atomic E-state index is 12.2. The Labute approximate surface area is 182 Å². The van der Waals surface area contributed by atoms with Crippen molar-refractivity contribution in [3.63, 3.8) is 0 Å². The lowest BCUT2D eigenvalue weighted by Gasteiger charge is -2.47. The second kappa shape index (κ2) is 8.08. The molecule has 2 aromatic rings. The Bertz CT molecular complexity index is 1040. The highest BCUT2D eigenvalue weighted by molar-refractivity contribution is 5.95. The number of pyridine rings is 1. The average molecular weight is 418 g/mol. The van der Waals surface area contributed by atoms with Crippen LogP contribution in [-0.4, -0.2) is 63.9 Å². The third kappa shape index (κ3) is 4.09. The van der Waals surface area contributed by atoms with Gasteiger partial charge >= 0.3 is 0 Å². The number of nitrogens with zero attached hydrogens (tertiary/aromatic N) is 3. The number of aliphatic hydroxyl groups excluding tert-OH is 1. The molecule has 4 aliphatic rings. The highest BCUT2D eigenvalue weighted by atomic mass is 16.3. The van der Waals surface area contributed by atoms with E-state index >= 15 is 0 Å². The lowest BCUT2D eigenvalue weighted by atomic mass is 9.75. The number of hydrogen-bond acceptors (Lipinski definition) is 5. The van der Waals surface area contributed by atoms with Gasteiger partial charge in [-0.15, -0.1) is 0 Å². The van der Waals surface area contributed by atoms with Crippen molar-refractivity contribution in [2.24, 2.45) is 5.92 Å². The largest absolute Gasteiger partial charge is 0.391 e. The average Bonchev–Trinajstić information content (AvgIpc) is 3.12. The summed E-state index contributed by atoms with van der Waals surface area (Å²) in [5, 5.41) is 21.0. The summed E-state index contributed by atoms with van der Waals surface area (Å²) in [7, 11) is 0. The molecule has 160 valence electrons. The Morgan fingerprint density at radius 3 is 2.55 bits per heavy atom. The van der Waals surface area contributed by atoms with E-state index in [2.05, 4.69) is 16.7 Å². The van der Waals surface area contributed by atoms with Crippen molar-refractivity contribution in [2.75, 3.05) is 31.1 Å². The van der Waals surface area contributed by atoms with Crippen LogP contribution in [0.15, 0.2) is 42.5 Å². The number of anilines is 1. The van der Waals surface area contributed by atoms with Crippen molar-refractivity contribution in [3.8, 4) is 11.8 Å². The van der Waals surface area contributed by atoms with E-state index in [1.807, 2.05) is 36.4 Å². The number of rotatable bonds is 3. The molecule has 2 atom stereocenters. The first-order chi connectivity index (χ1) is 15.0. The van der Waals surface area contributed by atoms with Gasteiger partial charge in [-0.25, -0.2) is 4.98 Å². The number of β-amino-alcohol motifs (C(OH)–C–C–N with tert-alkyl or cyclic N) is 1. The summed E-state index contributed by atoms with van der Waals surface area (Å²) in [6, 6.07) is 13.7. The number of aromatic nitrogens is 1. The van der Waals surface area contributed by atoms with Crippen molar-refractivity contribution in [3.05, 3.63) is 59.3 Å². The summed E-state index contributed by atoms with van der Waals surface area (Å²) in [6.45, 7) is 2.95. The number of hydrogen-bond donors (Lipinski definition) is 2. The molecule has 0 spiro atoms. The number of piperidine rings is 3. The Morgan fingerprint density at radius 1 is 1.13 bits per heavy atom. The minimum atomic E-state index is -0.978. The third-order valence-corrected chi connectivity index (χ3v) is 6.70. The fourth-order valence-corrected chi connectivity index (χ4v) is 4.94.